The van der Waals surface area contributed by atoms with E-state index in [-0.39, 0.29) is 0 Å². The molecule has 0 aliphatic rings. The van der Waals surface area contributed by atoms with Gasteiger partial charge in [0.25, 0.3) is 5.22 Å². The molecule has 0 radical (unpaired) electrons. The molecule has 0 atom stereocenters. The molecule has 2 aromatic carbocycles. The summed E-state index contributed by atoms with van der Waals surface area (Å²) in [5.74, 6) is 2.30. The average molecular weight is 414 g/mol. The van der Waals surface area contributed by atoms with E-state index in [1.54, 1.807) is 32.5 Å². The van der Waals surface area contributed by atoms with Crippen LogP contribution in [0.15, 0.2) is 58.3 Å². The van der Waals surface area contributed by atoms with Crippen molar-refractivity contribution in [3.8, 4) is 23.0 Å². The summed E-state index contributed by atoms with van der Waals surface area (Å²) in [5.41, 5.74) is 2.69. The minimum Gasteiger partial charge on any atom is -0.493 e. The van der Waals surface area contributed by atoms with Crippen LogP contribution in [-0.2, 0) is 5.75 Å². The van der Waals surface area contributed by atoms with Crippen LogP contribution in [0.5, 0.6) is 11.5 Å². The van der Waals surface area contributed by atoms with E-state index in [1.165, 1.54) is 11.8 Å². The highest BCUT2D eigenvalue weighted by Crippen LogP contribution is 2.34. The van der Waals surface area contributed by atoms with Crippen LogP contribution in [0.1, 0.15) is 5.56 Å². The second kappa shape index (κ2) is 8.08. The fraction of sp³-hybridized carbons (Fsp3) is 0.150. The zero-order valence-corrected chi connectivity index (χ0v) is 16.8. The van der Waals surface area contributed by atoms with E-state index in [1.807, 2.05) is 30.3 Å². The molecule has 2 heterocycles. The summed E-state index contributed by atoms with van der Waals surface area (Å²) >= 11 is 7.70. The minimum absolute atomic E-state index is 0.419. The maximum atomic E-state index is 6.26. The van der Waals surface area contributed by atoms with Gasteiger partial charge in [-0.3, -0.25) is 4.98 Å². The van der Waals surface area contributed by atoms with Crippen LogP contribution in [0.2, 0.25) is 5.02 Å². The molecule has 0 N–H and O–H groups in total. The molecule has 0 unspecified atom stereocenters. The summed E-state index contributed by atoms with van der Waals surface area (Å²) in [4.78, 5) is 4.45. The van der Waals surface area contributed by atoms with Gasteiger partial charge < -0.3 is 13.9 Å². The minimum atomic E-state index is 0.419. The van der Waals surface area contributed by atoms with Crippen molar-refractivity contribution in [1.29, 1.82) is 0 Å². The summed E-state index contributed by atoms with van der Waals surface area (Å²) in [6.45, 7) is 0. The van der Waals surface area contributed by atoms with Gasteiger partial charge in [0.15, 0.2) is 11.5 Å². The lowest BCUT2D eigenvalue weighted by molar-refractivity contribution is 0.355. The number of aromatic nitrogens is 3. The molecule has 0 aliphatic carbocycles. The number of nitrogens with zero attached hydrogens (tertiary/aromatic N) is 3. The number of rotatable bonds is 6. The normalized spacial score (nSPS) is 11.0. The van der Waals surface area contributed by atoms with Gasteiger partial charge in [0.2, 0.25) is 5.89 Å². The molecule has 4 rings (SSSR count). The predicted octanol–water partition coefficient (Wildman–Crippen LogP) is 5.25. The number of halogens is 1. The third-order valence-electron chi connectivity index (χ3n) is 4.19. The number of benzene rings is 2. The largest absolute Gasteiger partial charge is 0.493 e. The first kappa shape index (κ1) is 18.6. The third-order valence-corrected chi connectivity index (χ3v) is 5.38. The lowest BCUT2D eigenvalue weighted by Crippen LogP contribution is -1.90. The summed E-state index contributed by atoms with van der Waals surface area (Å²) in [7, 11) is 3.18. The Balaban J connectivity index is 1.54. The molecular formula is C20H16ClN3O3S. The fourth-order valence-electron chi connectivity index (χ4n) is 2.81. The van der Waals surface area contributed by atoms with E-state index < -0.39 is 0 Å². The number of hydrogen-bond donors (Lipinski definition) is 0. The zero-order valence-electron chi connectivity index (χ0n) is 15.2. The molecule has 0 saturated heterocycles. The second-order valence-corrected chi connectivity index (χ2v) is 7.17. The number of methoxy groups -OCH3 is 2. The van der Waals surface area contributed by atoms with Gasteiger partial charge in [-0.15, -0.1) is 10.2 Å². The maximum absolute atomic E-state index is 6.26. The molecule has 0 amide bonds. The van der Waals surface area contributed by atoms with Gasteiger partial charge in [0.05, 0.1) is 19.7 Å². The Kier molecular flexibility index (Phi) is 5.36. The molecule has 0 spiro atoms. The molecule has 2 aromatic heterocycles. The number of pyridine rings is 1. The SMILES string of the molecule is COc1ccc(-c2nnc(SCc3ccc(Cl)c4cccnc34)o2)cc1OC. The van der Waals surface area contributed by atoms with Crippen LogP contribution in [0.3, 0.4) is 0 Å². The van der Waals surface area contributed by atoms with Crippen molar-refractivity contribution in [2.24, 2.45) is 0 Å². The topological polar surface area (TPSA) is 70.3 Å². The predicted molar refractivity (Wildman–Crippen MR) is 109 cm³/mol. The monoisotopic (exact) mass is 413 g/mol. The first-order chi connectivity index (χ1) is 13.7. The molecule has 28 heavy (non-hydrogen) atoms. The lowest BCUT2D eigenvalue weighted by atomic mass is 10.1. The van der Waals surface area contributed by atoms with E-state index in [0.717, 1.165) is 22.0 Å². The van der Waals surface area contributed by atoms with Gasteiger partial charge >= 0.3 is 0 Å². The van der Waals surface area contributed by atoms with Crippen LogP contribution >= 0.6 is 23.4 Å². The Morgan fingerprint density at radius 2 is 1.89 bits per heavy atom. The van der Waals surface area contributed by atoms with E-state index in [0.29, 0.717) is 33.4 Å². The molecule has 0 fully saturated rings. The van der Waals surface area contributed by atoms with Crippen LogP contribution < -0.4 is 9.47 Å². The average Bonchev–Trinajstić information content (AvgIpc) is 3.22. The summed E-state index contributed by atoms with van der Waals surface area (Å²) in [5, 5.41) is 10.4. The van der Waals surface area contributed by atoms with Gasteiger partial charge in [-0.25, -0.2) is 0 Å². The van der Waals surface area contributed by atoms with Gasteiger partial charge in [-0.1, -0.05) is 29.4 Å². The van der Waals surface area contributed by atoms with Crippen LogP contribution in [-0.4, -0.2) is 29.4 Å². The standard InChI is InChI=1S/C20H16ClN3O3S/c1-25-16-8-6-12(10-17(16)26-2)19-23-24-20(27-19)28-11-13-5-7-15(21)14-4-3-9-22-18(13)14/h3-10H,11H2,1-2H3. The highest BCUT2D eigenvalue weighted by Gasteiger charge is 2.14. The van der Waals surface area contributed by atoms with E-state index >= 15 is 0 Å². The number of hydrogen-bond acceptors (Lipinski definition) is 7. The van der Waals surface area contributed by atoms with Crippen molar-refractivity contribution in [1.82, 2.24) is 15.2 Å². The van der Waals surface area contributed by atoms with Crippen LogP contribution in [0, 0.1) is 0 Å². The first-order valence-electron chi connectivity index (χ1n) is 8.40. The smallest absolute Gasteiger partial charge is 0.277 e. The number of thioether (sulfide) groups is 1. The van der Waals surface area contributed by atoms with Crippen molar-refractivity contribution < 1.29 is 13.9 Å². The molecule has 0 bridgehead atoms. The second-order valence-electron chi connectivity index (χ2n) is 5.84. The van der Waals surface area contributed by atoms with Crippen molar-refractivity contribution in [3.63, 3.8) is 0 Å². The third kappa shape index (κ3) is 3.63. The lowest BCUT2D eigenvalue weighted by Gasteiger charge is -2.07. The summed E-state index contributed by atoms with van der Waals surface area (Å²) in [6, 6.07) is 13.1. The van der Waals surface area contributed by atoms with Gasteiger partial charge in [0.1, 0.15) is 0 Å². The Morgan fingerprint density at radius 1 is 1.04 bits per heavy atom. The molecule has 142 valence electrons. The molecule has 0 saturated carbocycles. The quantitative estimate of drug-likeness (QED) is 0.400. The van der Waals surface area contributed by atoms with Gasteiger partial charge in [-0.2, -0.15) is 0 Å². The Hall–Kier alpha value is -2.77. The van der Waals surface area contributed by atoms with Gasteiger partial charge in [0, 0.05) is 27.9 Å². The first-order valence-corrected chi connectivity index (χ1v) is 9.76. The molecular weight excluding hydrogens is 398 g/mol. The van der Waals surface area contributed by atoms with Crippen molar-refractivity contribution in [2.45, 2.75) is 11.0 Å². The Bertz CT molecular complexity index is 1130. The summed E-state index contributed by atoms with van der Waals surface area (Å²) in [6.07, 6.45) is 1.76. The van der Waals surface area contributed by atoms with Gasteiger partial charge in [-0.05, 0) is 42.0 Å². The van der Waals surface area contributed by atoms with Crippen molar-refractivity contribution >= 4 is 34.3 Å². The Morgan fingerprint density at radius 3 is 2.71 bits per heavy atom. The van der Waals surface area contributed by atoms with Crippen molar-refractivity contribution in [3.05, 3.63) is 59.2 Å². The van der Waals surface area contributed by atoms with E-state index in [2.05, 4.69) is 15.2 Å². The summed E-state index contributed by atoms with van der Waals surface area (Å²) < 4.78 is 16.4. The van der Waals surface area contributed by atoms with Crippen LogP contribution in [0.25, 0.3) is 22.4 Å². The molecule has 4 aromatic rings. The van der Waals surface area contributed by atoms with Crippen LogP contribution in [0.4, 0.5) is 0 Å². The fourth-order valence-corrected chi connectivity index (χ4v) is 3.77. The maximum Gasteiger partial charge on any atom is 0.277 e. The highest BCUT2D eigenvalue weighted by molar-refractivity contribution is 7.98. The molecule has 0 aliphatic heterocycles. The zero-order chi connectivity index (χ0) is 19.5. The number of ether oxygens (including phenoxy) is 2. The number of fused-ring (bicyclic) bond motifs is 1. The Labute approximate surface area is 170 Å². The van der Waals surface area contributed by atoms with E-state index in [4.69, 9.17) is 25.5 Å². The molecule has 8 heteroatoms. The van der Waals surface area contributed by atoms with Crippen molar-refractivity contribution in [2.75, 3.05) is 14.2 Å². The van der Waals surface area contributed by atoms with E-state index in [9.17, 15) is 0 Å². The highest BCUT2D eigenvalue weighted by atomic mass is 35.5. The molecule has 6 nitrogen and oxygen atoms in total.